The quantitative estimate of drug-likeness (QED) is 0.860. The van der Waals surface area contributed by atoms with Crippen LogP contribution in [-0.2, 0) is 0 Å². The molecule has 128 valence electrons. The van der Waals surface area contributed by atoms with Crippen molar-refractivity contribution in [1.29, 1.82) is 5.26 Å². The third kappa shape index (κ3) is 3.29. The van der Waals surface area contributed by atoms with E-state index >= 15 is 0 Å². The van der Waals surface area contributed by atoms with Gasteiger partial charge in [0.2, 0.25) is 0 Å². The van der Waals surface area contributed by atoms with Crippen LogP contribution in [0.2, 0.25) is 0 Å². The predicted molar refractivity (Wildman–Crippen MR) is 94.0 cm³/mol. The number of nitrogens with zero attached hydrogens (tertiary/aromatic N) is 2. The summed E-state index contributed by atoms with van der Waals surface area (Å²) < 4.78 is 10.8. The first-order chi connectivity index (χ1) is 12.2. The fourth-order valence-corrected chi connectivity index (χ4v) is 3.29. The summed E-state index contributed by atoms with van der Waals surface area (Å²) in [4.78, 5) is 14.6. The Morgan fingerprint density at radius 3 is 2.72 bits per heavy atom. The molecule has 1 fully saturated rings. The molecular formula is C20H20N2O3. The van der Waals surface area contributed by atoms with Gasteiger partial charge in [0, 0.05) is 24.6 Å². The Morgan fingerprint density at radius 1 is 1.20 bits per heavy atom. The topological polar surface area (TPSA) is 62.6 Å². The van der Waals surface area contributed by atoms with Crippen LogP contribution in [0.1, 0.15) is 33.8 Å². The first kappa shape index (κ1) is 16.8. The molecule has 2 aromatic carbocycles. The lowest BCUT2D eigenvalue weighted by Gasteiger charge is -2.19. The molecule has 25 heavy (non-hydrogen) atoms. The minimum atomic E-state index is -0.0958. The smallest absolute Gasteiger partial charge is 0.255 e. The summed E-state index contributed by atoms with van der Waals surface area (Å²) in [6.07, 6.45) is 0.851. The van der Waals surface area contributed by atoms with Gasteiger partial charge in [-0.05, 0) is 36.8 Å². The van der Waals surface area contributed by atoms with Gasteiger partial charge in [-0.25, -0.2) is 0 Å². The van der Waals surface area contributed by atoms with Crippen LogP contribution in [-0.4, -0.2) is 38.1 Å². The molecule has 0 aromatic heterocycles. The zero-order valence-corrected chi connectivity index (χ0v) is 14.4. The van der Waals surface area contributed by atoms with E-state index in [9.17, 15) is 10.1 Å². The third-order valence-electron chi connectivity index (χ3n) is 4.63. The van der Waals surface area contributed by atoms with Crippen molar-refractivity contribution in [3.63, 3.8) is 0 Å². The van der Waals surface area contributed by atoms with Gasteiger partial charge in [-0.2, -0.15) is 5.26 Å². The average Bonchev–Trinajstić information content (AvgIpc) is 3.16. The fraction of sp³-hybridized carbons (Fsp3) is 0.300. The summed E-state index contributed by atoms with van der Waals surface area (Å²) in [7, 11) is 3.28. The summed E-state index contributed by atoms with van der Waals surface area (Å²) >= 11 is 0. The Morgan fingerprint density at radius 2 is 2.00 bits per heavy atom. The van der Waals surface area contributed by atoms with Gasteiger partial charge in [-0.3, -0.25) is 4.79 Å². The first-order valence-corrected chi connectivity index (χ1v) is 8.18. The Hall–Kier alpha value is -3.00. The molecule has 0 radical (unpaired) electrons. The summed E-state index contributed by atoms with van der Waals surface area (Å²) in [5, 5.41) is 9.21. The number of nitriles is 1. The molecular weight excluding hydrogens is 316 g/mol. The normalized spacial score (nSPS) is 16.4. The molecule has 3 rings (SSSR count). The lowest BCUT2D eigenvalue weighted by Crippen LogP contribution is -2.29. The monoisotopic (exact) mass is 336 g/mol. The van der Waals surface area contributed by atoms with Crippen molar-refractivity contribution in [1.82, 2.24) is 4.90 Å². The molecule has 0 bridgehead atoms. The average molecular weight is 336 g/mol. The van der Waals surface area contributed by atoms with Crippen molar-refractivity contribution in [2.45, 2.75) is 12.3 Å². The van der Waals surface area contributed by atoms with Crippen molar-refractivity contribution in [2.24, 2.45) is 0 Å². The Bertz CT molecular complexity index is 826. The van der Waals surface area contributed by atoms with Gasteiger partial charge in [0.1, 0.15) is 11.5 Å². The molecule has 0 N–H and O–H groups in total. The summed E-state index contributed by atoms with van der Waals surface area (Å²) in [6.45, 7) is 1.26. The lowest BCUT2D eigenvalue weighted by atomic mass is 9.97. The number of amides is 1. The second-order valence-electron chi connectivity index (χ2n) is 6.00. The van der Waals surface area contributed by atoms with Crippen LogP contribution in [0.25, 0.3) is 0 Å². The summed E-state index contributed by atoms with van der Waals surface area (Å²) in [5.41, 5.74) is 1.92. The van der Waals surface area contributed by atoms with Crippen LogP contribution in [0.4, 0.5) is 0 Å². The summed E-state index contributed by atoms with van der Waals surface area (Å²) in [6, 6.07) is 14.8. The van der Waals surface area contributed by atoms with Crippen molar-refractivity contribution >= 4 is 5.91 Å². The molecule has 0 unspecified atom stereocenters. The Labute approximate surface area is 147 Å². The largest absolute Gasteiger partial charge is 0.497 e. The van der Waals surface area contributed by atoms with E-state index < -0.39 is 0 Å². The second-order valence-corrected chi connectivity index (χ2v) is 6.00. The van der Waals surface area contributed by atoms with E-state index in [1.54, 1.807) is 43.4 Å². The molecule has 1 atom stereocenters. The SMILES string of the molecule is COc1ccc(OC)c([C@H]2CCN(C(=O)c3ccccc3C#N)C2)c1. The Balaban J connectivity index is 1.82. The van der Waals surface area contributed by atoms with Crippen molar-refractivity contribution in [2.75, 3.05) is 27.3 Å². The number of likely N-dealkylation sites (tertiary alicyclic amines) is 1. The molecule has 0 spiro atoms. The molecule has 5 heteroatoms. The molecule has 5 nitrogen and oxygen atoms in total. The highest BCUT2D eigenvalue weighted by molar-refractivity contribution is 5.96. The van der Waals surface area contributed by atoms with E-state index in [-0.39, 0.29) is 11.8 Å². The number of benzene rings is 2. The number of rotatable bonds is 4. The van der Waals surface area contributed by atoms with Gasteiger partial charge < -0.3 is 14.4 Å². The number of ether oxygens (including phenoxy) is 2. The van der Waals surface area contributed by atoms with E-state index in [1.165, 1.54) is 0 Å². The van der Waals surface area contributed by atoms with E-state index in [2.05, 4.69) is 6.07 Å². The molecule has 1 heterocycles. The lowest BCUT2D eigenvalue weighted by molar-refractivity contribution is 0.0790. The number of carbonyl (C=O) groups is 1. The second kappa shape index (κ2) is 7.27. The van der Waals surface area contributed by atoms with Crippen LogP contribution >= 0.6 is 0 Å². The van der Waals surface area contributed by atoms with Crippen molar-refractivity contribution in [3.8, 4) is 17.6 Å². The molecule has 1 aliphatic heterocycles. The maximum absolute atomic E-state index is 12.8. The standard InChI is InChI=1S/C20H20N2O3/c1-24-16-7-8-19(25-2)18(11-16)15-9-10-22(13-15)20(23)17-6-4-3-5-14(17)12-21/h3-8,11,15H,9-10,13H2,1-2H3/t15-/m0/s1. The molecule has 2 aromatic rings. The predicted octanol–water partition coefficient (Wildman–Crippen LogP) is 3.21. The molecule has 1 saturated heterocycles. The Kier molecular flexibility index (Phi) is 4.90. The zero-order valence-electron chi connectivity index (χ0n) is 14.4. The van der Waals surface area contributed by atoms with Crippen LogP contribution in [0.3, 0.4) is 0 Å². The number of hydrogen-bond acceptors (Lipinski definition) is 4. The number of methoxy groups -OCH3 is 2. The third-order valence-corrected chi connectivity index (χ3v) is 4.63. The van der Waals surface area contributed by atoms with Crippen LogP contribution in [0.15, 0.2) is 42.5 Å². The zero-order chi connectivity index (χ0) is 17.8. The van der Waals surface area contributed by atoms with E-state index in [0.717, 1.165) is 23.5 Å². The number of hydrogen-bond donors (Lipinski definition) is 0. The maximum atomic E-state index is 12.8. The van der Waals surface area contributed by atoms with Gasteiger partial charge in [-0.15, -0.1) is 0 Å². The van der Waals surface area contributed by atoms with Crippen LogP contribution in [0.5, 0.6) is 11.5 Å². The highest BCUT2D eigenvalue weighted by Gasteiger charge is 2.30. The molecule has 1 amide bonds. The number of carbonyl (C=O) groups excluding carboxylic acids is 1. The van der Waals surface area contributed by atoms with Crippen LogP contribution in [0, 0.1) is 11.3 Å². The summed E-state index contributed by atoms with van der Waals surface area (Å²) in [5.74, 6) is 1.66. The molecule has 1 aliphatic rings. The van der Waals surface area contributed by atoms with E-state index in [0.29, 0.717) is 24.2 Å². The van der Waals surface area contributed by atoms with Gasteiger partial charge in [0.15, 0.2) is 0 Å². The van der Waals surface area contributed by atoms with Gasteiger partial charge >= 0.3 is 0 Å². The van der Waals surface area contributed by atoms with Crippen LogP contribution < -0.4 is 9.47 Å². The van der Waals surface area contributed by atoms with Crippen molar-refractivity contribution < 1.29 is 14.3 Å². The fourth-order valence-electron chi connectivity index (χ4n) is 3.29. The van der Waals surface area contributed by atoms with Crippen molar-refractivity contribution in [3.05, 3.63) is 59.2 Å². The van der Waals surface area contributed by atoms with Gasteiger partial charge in [-0.1, -0.05) is 12.1 Å². The maximum Gasteiger partial charge on any atom is 0.255 e. The highest BCUT2D eigenvalue weighted by atomic mass is 16.5. The van der Waals surface area contributed by atoms with Gasteiger partial charge in [0.05, 0.1) is 31.4 Å². The van der Waals surface area contributed by atoms with Gasteiger partial charge in [0.25, 0.3) is 5.91 Å². The first-order valence-electron chi connectivity index (χ1n) is 8.18. The minimum Gasteiger partial charge on any atom is -0.497 e. The van der Waals surface area contributed by atoms with E-state index in [1.807, 2.05) is 18.2 Å². The minimum absolute atomic E-state index is 0.0958. The van der Waals surface area contributed by atoms with E-state index in [4.69, 9.17) is 9.47 Å². The highest BCUT2D eigenvalue weighted by Crippen LogP contribution is 2.36. The molecule has 0 saturated carbocycles. The molecule has 0 aliphatic carbocycles.